The summed E-state index contributed by atoms with van der Waals surface area (Å²) >= 11 is 1.67. The van der Waals surface area contributed by atoms with Gasteiger partial charge in [-0.25, -0.2) is 4.79 Å². The third-order valence-corrected chi connectivity index (χ3v) is 5.02. The van der Waals surface area contributed by atoms with Crippen molar-refractivity contribution in [2.45, 2.75) is 31.3 Å². The van der Waals surface area contributed by atoms with Crippen molar-refractivity contribution in [2.24, 2.45) is 5.92 Å². The minimum atomic E-state index is -0.0191. The number of rotatable bonds is 3. The number of fused-ring (bicyclic) bond motifs is 1. The molecular weight excluding hydrogens is 306 g/mol. The smallest absolute Gasteiger partial charge is 0.322 e. The molecule has 2 amide bonds. The van der Waals surface area contributed by atoms with E-state index in [1.807, 2.05) is 35.4 Å². The van der Waals surface area contributed by atoms with E-state index < -0.39 is 0 Å². The van der Waals surface area contributed by atoms with Gasteiger partial charge in [-0.15, -0.1) is 11.8 Å². The number of carbonyl (C=O) groups is 1. The van der Waals surface area contributed by atoms with Gasteiger partial charge in [0.15, 0.2) is 0 Å². The molecule has 1 aromatic carbocycles. The zero-order chi connectivity index (χ0) is 16.4. The lowest BCUT2D eigenvalue weighted by atomic mass is 9.97. The molecule has 1 aliphatic heterocycles. The predicted molar refractivity (Wildman–Crippen MR) is 96.0 cm³/mol. The molecule has 0 saturated carbocycles. The van der Waals surface area contributed by atoms with Crippen LogP contribution >= 0.6 is 11.8 Å². The number of nitrogens with zero attached hydrogens (tertiary/aromatic N) is 2. The van der Waals surface area contributed by atoms with E-state index in [2.05, 4.69) is 42.1 Å². The molecule has 3 rings (SSSR count). The van der Waals surface area contributed by atoms with E-state index >= 15 is 0 Å². The molecule has 1 aromatic heterocycles. The number of carbonyl (C=O) groups excluding carboxylic acids is 1. The molecule has 2 heterocycles. The molecule has 0 unspecified atom stereocenters. The van der Waals surface area contributed by atoms with Crippen LogP contribution in [0, 0.1) is 5.92 Å². The lowest BCUT2D eigenvalue weighted by Gasteiger charge is -2.39. The van der Waals surface area contributed by atoms with Crippen LogP contribution in [0.1, 0.15) is 25.6 Å². The van der Waals surface area contributed by atoms with Gasteiger partial charge in [-0.3, -0.25) is 0 Å². The molecule has 0 saturated heterocycles. The van der Waals surface area contributed by atoms with Crippen molar-refractivity contribution in [1.82, 2.24) is 9.47 Å². The van der Waals surface area contributed by atoms with Crippen molar-refractivity contribution in [1.29, 1.82) is 0 Å². The van der Waals surface area contributed by atoms with Crippen molar-refractivity contribution in [3.63, 3.8) is 0 Å². The van der Waals surface area contributed by atoms with E-state index in [1.165, 1.54) is 5.69 Å². The van der Waals surface area contributed by atoms with Gasteiger partial charge < -0.3 is 14.8 Å². The predicted octanol–water partition coefficient (Wildman–Crippen LogP) is 4.45. The van der Waals surface area contributed by atoms with Crippen molar-refractivity contribution in [2.75, 3.05) is 18.1 Å². The molecule has 0 aliphatic carbocycles. The van der Waals surface area contributed by atoms with E-state index in [1.54, 1.807) is 11.8 Å². The Balaban J connectivity index is 1.81. The molecule has 1 atom stereocenters. The van der Waals surface area contributed by atoms with Gasteiger partial charge in [-0.2, -0.15) is 0 Å². The molecule has 0 radical (unpaired) electrons. The maximum Gasteiger partial charge on any atom is 0.322 e. The SMILES string of the molecule is CSc1cccc(NC(=O)N2CCn3cccc3[C@H]2C(C)C)c1. The summed E-state index contributed by atoms with van der Waals surface area (Å²) < 4.78 is 2.25. The number of thioether (sulfide) groups is 1. The van der Waals surface area contributed by atoms with Crippen LogP contribution in [-0.2, 0) is 6.54 Å². The van der Waals surface area contributed by atoms with E-state index in [0.29, 0.717) is 5.92 Å². The van der Waals surface area contributed by atoms with Gasteiger partial charge in [0.25, 0.3) is 0 Å². The molecule has 122 valence electrons. The summed E-state index contributed by atoms with van der Waals surface area (Å²) in [4.78, 5) is 15.9. The number of hydrogen-bond acceptors (Lipinski definition) is 2. The van der Waals surface area contributed by atoms with Crippen LogP contribution < -0.4 is 5.32 Å². The fourth-order valence-corrected chi connectivity index (χ4v) is 3.70. The number of nitrogens with one attached hydrogen (secondary N) is 1. The Morgan fingerprint density at radius 1 is 1.26 bits per heavy atom. The number of anilines is 1. The zero-order valence-corrected chi connectivity index (χ0v) is 14.6. The minimum absolute atomic E-state index is 0.0191. The van der Waals surface area contributed by atoms with Crippen LogP contribution in [0.4, 0.5) is 10.5 Å². The molecular formula is C18H23N3OS. The van der Waals surface area contributed by atoms with Crippen LogP contribution in [0.15, 0.2) is 47.5 Å². The first-order chi connectivity index (χ1) is 11.1. The summed E-state index contributed by atoms with van der Waals surface area (Å²) in [5.74, 6) is 0.368. The molecule has 4 nitrogen and oxygen atoms in total. The maximum absolute atomic E-state index is 12.8. The summed E-state index contributed by atoms with van der Waals surface area (Å²) in [6.45, 7) is 5.92. The normalized spacial score (nSPS) is 17.2. The molecule has 2 aromatic rings. The molecule has 5 heteroatoms. The Hall–Kier alpha value is -1.88. The topological polar surface area (TPSA) is 37.3 Å². The fraction of sp³-hybridized carbons (Fsp3) is 0.389. The molecule has 1 aliphatic rings. The highest BCUT2D eigenvalue weighted by Gasteiger charge is 2.32. The van der Waals surface area contributed by atoms with Crippen LogP contribution in [0.25, 0.3) is 0 Å². The van der Waals surface area contributed by atoms with E-state index in [9.17, 15) is 4.79 Å². The average Bonchev–Trinajstić information content (AvgIpc) is 3.02. The highest BCUT2D eigenvalue weighted by Crippen LogP contribution is 2.32. The molecule has 0 bridgehead atoms. The van der Waals surface area contributed by atoms with Gasteiger partial charge in [-0.1, -0.05) is 19.9 Å². The van der Waals surface area contributed by atoms with Gasteiger partial charge in [0.1, 0.15) is 0 Å². The highest BCUT2D eigenvalue weighted by molar-refractivity contribution is 7.98. The Morgan fingerprint density at radius 2 is 2.09 bits per heavy atom. The number of aromatic nitrogens is 1. The van der Waals surface area contributed by atoms with Crippen LogP contribution in [0.3, 0.4) is 0 Å². The number of amides is 2. The first-order valence-electron chi connectivity index (χ1n) is 7.97. The highest BCUT2D eigenvalue weighted by atomic mass is 32.2. The second-order valence-electron chi connectivity index (χ2n) is 6.17. The fourth-order valence-electron chi connectivity index (χ4n) is 3.24. The zero-order valence-electron chi connectivity index (χ0n) is 13.8. The second-order valence-corrected chi connectivity index (χ2v) is 7.05. The van der Waals surface area contributed by atoms with Gasteiger partial charge >= 0.3 is 6.03 Å². The Morgan fingerprint density at radius 3 is 2.83 bits per heavy atom. The van der Waals surface area contributed by atoms with Crippen molar-refractivity contribution in [3.05, 3.63) is 48.3 Å². The number of urea groups is 1. The maximum atomic E-state index is 12.8. The third kappa shape index (κ3) is 3.24. The molecule has 0 spiro atoms. The van der Waals surface area contributed by atoms with Gasteiger partial charge in [0.05, 0.1) is 6.04 Å². The minimum Gasteiger partial charge on any atom is -0.348 e. The Kier molecular flexibility index (Phi) is 4.66. The van der Waals surface area contributed by atoms with Crippen molar-refractivity contribution in [3.8, 4) is 0 Å². The Bertz CT molecular complexity index is 695. The van der Waals surface area contributed by atoms with Crippen molar-refractivity contribution >= 4 is 23.5 Å². The average molecular weight is 329 g/mol. The second kappa shape index (κ2) is 6.71. The first-order valence-corrected chi connectivity index (χ1v) is 9.19. The number of benzene rings is 1. The van der Waals surface area contributed by atoms with E-state index in [-0.39, 0.29) is 12.1 Å². The molecule has 0 fully saturated rings. The van der Waals surface area contributed by atoms with E-state index in [0.717, 1.165) is 23.7 Å². The standard InChI is InChI=1S/C18H23N3OS/c1-13(2)17-16-8-5-9-20(16)10-11-21(17)18(22)19-14-6-4-7-15(12-14)23-3/h4-9,12-13,17H,10-11H2,1-3H3,(H,19,22)/t17-/m1/s1. The third-order valence-electron chi connectivity index (χ3n) is 4.30. The summed E-state index contributed by atoms with van der Waals surface area (Å²) in [6.07, 6.45) is 4.14. The molecule has 23 heavy (non-hydrogen) atoms. The van der Waals surface area contributed by atoms with Gasteiger partial charge in [0.2, 0.25) is 0 Å². The monoisotopic (exact) mass is 329 g/mol. The quantitative estimate of drug-likeness (QED) is 0.845. The van der Waals surface area contributed by atoms with E-state index in [4.69, 9.17) is 0 Å². The molecule has 1 N–H and O–H groups in total. The largest absolute Gasteiger partial charge is 0.348 e. The van der Waals surface area contributed by atoms with Crippen LogP contribution in [0.5, 0.6) is 0 Å². The van der Waals surface area contributed by atoms with Gasteiger partial charge in [-0.05, 0) is 42.5 Å². The Labute approximate surface area is 141 Å². The lowest BCUT2D eigenvalue weighted by Crippen LogP contribution is -2.45. The summed E-state index contributed by atoms with van der Waals surface area (Å²) in [5.41, 5.74) is 2.07. The van der Waals surface area contributed by atoms with Crippen molar-refractivity contribution < 1.29 is 4.79 Å². The lowest BCUT2D eigenvalue weighted by molar-refractivity contribution is 0.144. The first kappa shape index (κ1) is 16.0. The van der Waals surface area contributed by atoms with Crippen LogP contribution in [-0.4, -0.2) is 28.3 Å². The van der Waals surface area contributed by atoms with Gasteiger partial charge in [0, 0.05) is 35.6 Å². The van der Waals surface area contributed by atoms with Crippen LogP contribution in [0.2, 0.25) is 0 Å². The summed E-state index contributed by atoms with van der Waals surface area (Å²) in [7, 11) is 0. The summed E-state index contributed by atoms with van der Waals surface area (Å²) in [6, 6.07) is 12.3. The number of hydrogen-bond donors (Lipinski definition) is 1. The summed E-state index contributed by atoms with van der Waals surface area (Å²) in [5, 5.41) is 3.06.